The minimum Gasteiger partial charge on any atom is -0.481 e. The van der Waals surface area contributed by atoms with Gasteiger partial charge in [-0.25, -0.2) is 18.2 Å². The molecule has 0 aliphatic rings. The highest BCUT2D eigenvalue weighted by Gasteiger charge is 2.19. The van der Waals surface area contributed by atoms with Crippen molar-refractivity contribution in [2.45, 2.75) is 6.43 Å². The Hall–Kier alpha value is -1.46. The number of hydrogen-bond donors (Lipinski definition) is 1. The van der Waals surface area contributed by atoms with E-state index in [1.165, 1.54) is 7.11 Å². The summed E-state index contributed by atoms with van der Waals surface area (Å²) in [6, 6.07) is 1.04. The number of nitrogens with zero attached hydrogens (tertiary/aromatic N) is 1. The summed E-state index contributed by atoms with van der Waals surface area (Å²) in [6.07, 6.45) is -3.00. The number of ether oxygens (including phenoxy) is 1. The summed E-state index contributed by atoms with van der Waals surface area (Å²) >= 11 is 0. The molecule has 0 fully saturated rings. The fourth-order valence-corrected chi connectivity index (χ4v) is 0.794. The molecule has 0 atom stereocenters. The molecule has 0 unspecified atom stereocenters. The number of rotatable bonds is 2. The number of nitrogens with two attached hydrogens (primary N) is 1. The van der Waals surface area contributed by atoms with Gasteiger partial charge in [-0.05, 0) is 0 Å². The van der Waals surface area contributed by atoms with Crippen molar-refractivity contribution in [3.8, 4) is 5.88 Å². The minimum atomic E-state index is -3.00. The van der Waals surface area contributed by atoms with E-state index in [0.717, 1.165) is 6.07 Å². The van der Waals surface area contributed by atoms with E-state index in [9.17, 15) is 13.2 Å². The third kappa shape index (κ3) is 1.82. The molecule has 0 radical (unpaired) electrons. The van der Waals surface area contributed by atoms with E-state index in [1.807, 2.05) is 0 Å². The molecule has 1 aromatic heterocycles. The molecule has 0 aromatic carbocycles. The van der Waals surface area contributed by atoms with Crippen LogP contribution in [0, 0.1) is 5.82 Å². The molecule has 0 aliphatic heterocycles. The van der Waals surface area contributed by atoms with Crippen molar-refractivity contribution in [1.29, 1.82) is 0 Å². The molecule has 0 saturated carbocycles. The van der Waals surface area contributed by atoms with E-state index < -0.39 is 23.6 Å². The summed E-state index contributed by atoms with van der Waals surface area (Å²) in [5.41, 5.74) is 3.72. The van der Waals surface area contributed by atoms with Crippen LogP contribution in [-0.4, -0.2) is 12.1 Å². The zero-order valence-electron chi connectivity index (χ0n) is 6.72. The Morgan fingerprint density at radius 3 is 2.62 bits per heavy atom. The lowest BCUT2D eigenvalue weighted by atomic mass is 10.3. The third-order valence-electron chi connectivity index (χ3n) is 1.40. The highest BCUT2D eigenvalue weighted by atomic mass is 19.3. The fourth-order valence-electron chi connectivity index (χ4n) is 0.794. The van der Waals surface area contributed by atoms with Gasteiger partial charge in [-0.2, -0.15) is 0 Å². The van der Waals surface area contributed by atoms with Crippen molar-refractivity contribution in [3.63, 3.8) is 0 Å². The average Bonchev–Trinajstić information content (AvgIpc) is 2.09. The predicted molar refractivity (Wildman–Crippen MR) is 40.1 cm³/mol. The summed E-state index contributed by atoms with van der Waals surface area (Å²) in [5.74, 6) is -1.33. The Bertz CT molecular complexity index is 317. The molecule has 1 aromatic rings. The summed E-state index contributed by atoms with van der Waals surface area (Å²) in [7, 11) is 1.23. The van der Waals surface area contributed by atoms with Gasteiger partial charge in [-0.15, -0.1) is 0 Å². The summed E-state index contributed by atoms with van der Waals surface area (Å²) in [5, 5.41) is 0. The molecule has 2 N–H and O–H groups in total. The molecular formula is C7H7F3N2O. The van der Waals surface area contributed by atoms with Gasteiger partial charge >= 0.3 is 0 Å². The normalized spacial score (nSPS) is 10.5. The quantitative estimate of drug-likeness (QED) is 0.776. The minimum absolute atomic E-state index is 0.130. The molecule has 13 heavy (non-hydrogen) atoms. The van der Waals surface area contributed by atoms with Gasteiger partial charge < -0.3 is 10.5 Å². The van der Waals surface area contributed by atoms with Crippen LogP contribution in [0.15, 0.2) is 6.07 Å². The predicted octanol–water partition coefficient (Wildman–Crippen LogP) is 1.75. The number of aromatic nitrogens is 1. The maximum atomic E-state index is 12.8. The Morgan fingerprint density at radius 2 is 2.15 bits per heavy atom. The molecule has 6 heteroatoms. The lowest BCUT2D eigenvalue weighted by Gasteiger charge is -2.06. The van der Waals surface area contributed by atoms with Crippen LogP contribution in [0.3, 0.4) is 0 Å². The Balaban J connectivity index is 3.25. The number of halogens is 3. The van der Waals surface area contributed by atoms with Crippen LogP contribution in [0.2, 0.25) is 0 Å². The zero-order valence-corrected chi connectivity index (χ0v) is 6.72. The van der Waals surface area contributed by atoms with Crippen LogP contribution in [0.25, 0.3) is 0 Å². The lowest BCUT2D eigenvalue weighted by Crippen LogP contribution is -2.02. The number of nitrogen functional groups attached to an aromatic ring is 1. The number of methoxy groups -OCH3 is 1. The monoisotopic (exact) mass is 192 g/mol. The highest BCUT2D eigenvalue weighted by molar-refractivity contribution is 5.44. The number of hydrogen-bond acceptors (Lipinski definition) is 3. The summed E-state index contributed by atoms with van der Waals surface area (Å²) in [6.45, 7) is 0. The number of anilines is 1. The maximum Gasteiger partial charge on any atom is 0.283 e. The largest absolute Gasteiger partial charge is 0.481 e. The van der Waals surface area contributed by atoms with Gasteiger partial charge in [0.2, 0.25) is 5.88 Å². The average molecular weight is 192 g/mol. The first kappa shape index (κ1) is 9.63. The molecule has 72 valence electrons. The first-order valence-electron chi connectivity index (χ1n) is 3.34. The van der Waals surface area contributed by atoms with Crippen LogP contribution >= 0.6 is 0 Å². The second-order valence-electron chi connectivity index (χ2n) is 2.25. The molecule has 1 heterocycles. The van der Waals surface area contributed by atoms with Gasteiger partial charge in [0.1, 0.15) is 5.69 Å². The smallest absolute Gasteiger partial charge is 0.283 e. The van der Waals surface area contributed by atoms with Crippen LogP contribution in [0.4, 0.5) is 18.9 Å². The zero-order chi connectivity index (χ0) is 10.0. The molecule has 3 nitrogen and oxygen atoms in total. The van der Waals surface area contributed by atoms with Gasteiger partial charge in [0.15, 0.2) is 5.82 Å². The van der Waals surface area contributed by atoms with Gasteiger partial charge in [0.05, 0.1) is 12.8 Å². The standard InChI is InChI=1S/C7H7F3N2O/c1-13-4-2-3(11)5(8)6(12-4)7(9)10/h2,7H,1H3,(H2,11,12). The van der Waals surface area contributed by atoms with E-state index in [2.05, 4.69) is 9.72 Å². The van der Waals surface area contributed by atoms with Crippen LogP contribution in [0.1, 0.15) is 12.1 Å². The molecule has 0 saturated heterocycles. The van der Waals surface area contributed by atoms with Crippen LogP contribution < -0.4 is 10.5 Å². The van der Waals surface area contributed by atoms with Crippen molar-refractivity contribution in [2.24, 2.45) is 0 Å². The molecule has 0 amide bonds. The Kier molecular flexibility index (Phi) is 2.60. The lowest BCUT2D eigenvalue weighted by molar-refractivity contribution is 0.139. The van der Waals surface area contributed by atoms with E-state index >= 15 is 0 Å². The third-order valence-corrected chi connectivity index (χ3v) is 1.40. The van der Waals surface area contributed by atoms with Gasteiger partial charge in [-0.3, -0.25) is 0 Å². The van der Waals surface area contributed by atoms with Gasteiger partial charge in [-0.1, -0.05) is 0 Å². The molecule has 0 bridgehead atoms. The highest BCUT2D eigenvalue weighted by Crippen LogP contribution is 2.26. The first-order valence-corrected chi connectivity index (χ1v) is 3.34. The van der Waals surface area contributed by atoms with Crippen molar-refractivity contribution < 1.29 is 17.9 Å². The SMILES string of the molecule is COc1cc(N)c(F)c(C(F)F)n1. The van der Waals surface area contributed by atoms with Crippen molar-refractivity contribution in [2.75, 3.05) is 12.8 Å². The molecule has 1 rings (SSSR count). The Labute approximate surface area is 72.3 Å². The van der Waals surface area contributed by atoms with Gasteiger partial charge in [0.25, 0.3) is 6.43 Å². The second kappa shape index (κ2) is 3.51. The van der Waals surface area contributed by atoms with Crippen LogP contribution in [0.5, 0.6) is 5.88 Å². The van der Waals surface area contributed by atoms with E-state index in [4.69, 9.17) is 5.73 Å². The van der Waals surface area contributed by atoms with Crippen molar-refractivity contribution in [3.05, 3.63) is 17.6 Å². The number of alkyl halides is 2. The second-order valence-corrected chi connectivity index (χ2v) is 2.25. The van der Waals surface area contributed by atoms with Gasteiger partial charge in [0, 0.05) is 6.07 Å². The van der Waals surface area contributed by atoms with E-state index in [1.54, 1.807) is 0 Å². The Morgan fingerprint density at radius 1 is 1.54 bits per heavy atom. The summed E-state index contributed by atoms with van der Waals surface area (Å²) in [4.78, 5) is 3.22. The molecule has 0 spiro atoms. The molecular weight excluding hydrogens is 185 g/mol. The van der Waals surface area contributed by atoms with E-state index in [0.29, 0.717) is 0 Å². The molecule has 0 aliphatic carbocycles. The van der Waals surface area contributed by atoms with E-state index in [-0.39, 0.29) is 5.88 Å². The van der Waals surface area contributed by atoms with Crippen molar-refractivity contribution in [1.82, 2.24) is 4.98 Å². The topological polar surface area (TPSA) is 48.1 Å². The van der Waals surface area contributed by atoms with Crippen molar-refractivity contribution >= 4 is 5.69 Å². The number of pyridine rings is 1. The maximum absolute atomic E-state index is 12.8. The first-order chi connectivity index (χ1) is 6.06. The summed E-state index contributed by atoms with van der Waals surface area (Å²) < 4.78 is 41.6. The fraction of sp³-hybridized carbons (Fsp3) is 0.286. The van der Waals surface area contributed by atoms with Crippen LogP contribution in [-0.2, 0) is 0 Å².